The molecule has 5 amide bonds. The van der Waals surface area contributed by atoms with Gasteiger partial charge in [-0.15, -0.1) is 0 Å². The second kappa shape index (κ2) is 20.4. The summed E-state index contributed by atoms with van der Waals surface area (Å²) in [6.45, 7) is 2.08. The van der Waals surface area contributed by atoms with E-state index in [1.165, 1.54) is 42.8 Å². The molecule has 0 bridgehead atoms. The van der Waals surface area contributed by atoms with E-state index in [1.807, 2.05) is 24.5 Å². The van der Waals surface area contributed by atoms with Gasteiger partial charge in [-0.25, -0.2) is 0 Å². The molecule has 0 fully saturated rings. The van der Waals surface area contributed by atoms with Gasteiger partial charge in [0.1, 0.15) is 23.9 Å². The molecule has 0 aromatic heterocycles. The van der Waals surface area contributed by atoms with Crippen LogP contribution >= 0.6 is 11.8 Å². The second-order valence-electron chi connectivity index (χ2n) is 10.4. The molecule has 2 rings (SSSR count). The molecule has 0 aliphatic rings. The van der Waals surface area contributed by atoms with Crippen LogP contribution in [0.3, 0.4) is 0 Å². The number of likely N-dealkylation sites (N-methyl/N-ethyl adjacent to an activating group) is 1. The van der Waals surface area contributed by atoms with E-state index < -0.39 is 66.2 Å². The second-order valence-corrected chi connectivity index (χ2v) is 11.4. The first-order chi connectivity index (χ1) is 21.7. The molecule has 4 atom stereocenters. The molecule has 0 saturated heterocycles. The van der Waals surface area contributed by atoms with Gasteiger partial charge in [0.2, 0.25) is 29.5 Å². The summed E-state index contributed by atoms with van der Waals surface area (Å²) in [6.07, 6.45) is 2.60. The molecule has 14 nitrogen and oxygen atoms in total. The lowest BCUT2D eigenvalue weighted by Crippen LogP contribution is -2.56. The Morgan fingerprint density at radius 2 is 1.48 bits per heavy atom. The van der Waals surface area contributed by atoms with Gasteiger partial charge in [-0.05, 0) is 55.0 Å². The van der Waals surface area contributed by atoms with Crippen LogP contribution < -0.4 is 27.4 Å². The Balaban J connectivity index is 0.00000249. The van der Waals surface area contributed by atoms with Crippen LogP contribution in [-0.4, -0.2) is 100 Å². The van der Waals surface area contributed by atoms with Crippen LogP contribution in [0, 0.1) is 0 Å². The molecular weight excluding hydrogens is 616 g/mol. The molecule has 252 valence electrons. The van der Waals surface area contributed by atoms with Gasteiger partial charge in [-0.1, -0.05) is 42.5 Å². The summed E-state index contributed by atoms with van der Waals surface area (Å²) in [6, 6.07) is 11.5. The van der Waals surface area contributed by atoms with E-state index in [0.717, 1.165) is 18.1 Å². The van der Waals surface area contributed by atoms with E-state index >= 15 is 0 Å². The molecule has 0 heterocycles. The fourth-order valence-corrected chi connectivity index (χ4v) is 4.59. The monoisotopic (exact) mass is 660 g/mol. The van der Waals surface area contributed by atoms with Gasteiger partial charge in [0.05, 0.1) is 12.6 Å². The predicted octanol–water partition coefficient (Wildman–Crippen LogP) is -0.233. The topological polar surface area (TPSA) is 234 Å². The van der Waals surface area contributed by atoms with Crippen molar-refractivity contribution in [2.24, 2.45) is 11.5 Å². The van der Waals surface area contributed by atoms with Crippen LogP contribution in [-0.2, 0) is 41.6 Å². The van der Waals surface area contributed by atoms with Gasteiger partial charge >= 0.3 is 0 Å². The minimum atomic E-state index is -1.02. The highest BCUT2D eigenvalue weighted by Gasteiger charge is 2.31. The molecule has 9 N–H and O–H groups in total. The number of phenolic OH excluding ortho intramolecular Hbond substituents is 1. The van der Waals surface area contributed by atoms with E-state index in [0.29, 0.717) is 12.2 Å². The lowest BCUT2D eigenvalue weighted by molar-refractivity contribution is -0.141. The number of carboxylic acid groups (broad SMARTS) is 1. The number of nitrogens with two attached hydrogens (primary N) is 2. The fourth-order valence-electron chi connectivity index (χ4n) is 4.14. The lowest BCUT2D eigenvalue weighted by atomic mass is 10.0. The number of hydrogen-bond donors (Lipinski definition) is 7. The number of benzene rings is 2. The number of primary amides is 1. The molecule has 0 aliphatic carbocycles. The number of nitrogens with one attached hydrogen (secondary N) is 3. The summed E-state index contributed by atoms with van der Waals surface area (Å²) < 4.78 is 0. The summed E-state index contributed by atoms with van der Waals surface area (Å²) in [4.78, 5) is 73.6. The summed E-state index contributed by atoms with van der Waals surface area (Å²) >= 11 is 1.52. The Kier molecular flexibility index (Phi) is 17.5. The maximum atomic E-state index is 13.4. The summed E-state index contributed by atoms with van der Waals surface area (Å²) in [5.74, 6) is -3.07. The zero-order chi connectivity index (χ0) is 34.8. The maximum Gasteiger partial charge on any atom is 0.300 e. The van der Waals surface area contributed by atoms with E-state index in [9.17, 15) is 29.1 Å². The summed E-state index contributed by atoms with van der Waals surface area (Å²) in [7, 11) is 1.47. The molecule has 46 heavy (non-hydrogen) atoms. The zero-order valence-electron chi connectivity index (χ0n) is 26.4. The van der Waals surface area contributed by atoms with Crippen molar-refractivity contribution >= 4 is 47.3 Å². The first kappa shape index (κ1) is 39.4. The molecule has 2 aromatic carbocycles. The van der Waals surface area contributed by atoms with Gasteiger partial charge in [-0.2, -0.15) is 11.8 Å². The van der Waals surface area contributed by atoms with E-state index in [1.54, 1.807) is 24.3 Å². The molecule has 15 heteroatoms. The third-order valence-corrected chi connectivity index (χ3v) is 7.20. The Labute approximate surface area is 272 Å². The summed E-state index contributed by atoms with van der Waals surface area (Å²) in [5, 5.41) is 24.4. The Hall–Kier alpha value is -4.63. The van der Waals surface area contributed by atoms with Crippen LogP contribution in [0.1, 0.15) is 31.4 Å². The maximum absolute atomic E-state index is 13.4. The highest BCUT2D eigenvalue weighted by molar-refractivity contribution is 7.98. The van der Waals surface area contributed by atoms with Crippen molar-refractivity contribution in [3.05, 3.63) is 65.7 Å². The number of rotatable bonds is 16. The molecule has 0 aliphatic heterocycles. The predicted molar refractivity (Wildman–Crippen MR) is 175 cm³/mol. The fraction of sp³-hybridized carbons (Fsp3) is 0.419. The first-order valence-electron chi connectivity index (χ1n) is 14.4. The van der Waals surface area contributed by atoms with Crippen LogP contribution in [0.4, 0.5) is 0 Å². The number of thioether (sulfide) groups is 1. The smallest absolute Gasteiger partial charge is 0.300 e. The number of hydrogen-bond acceptors (Lipinski definition) is 9. The average molecular weight is 661 g/mol. The van der Waals surface area contributed by atoms with Gasteiger partial charge in [0.25, 0.3) is 5.97 Å². The molecule has 0 radical (unpaired) electrons. The summed E-state index contributed by atoms with van der Waals surface area (Å²) in [5.41, 5.74) is 13.0. The third-order valence-electron chi connectivity index (χ3n) is 6.56. The normalized spacial score (nSPS) is 13.0. The van der Waals surface area contributed by atoms with Crippen molar-refractivity contribution in [2.45, 2.75) is 57.3 Å². The number of carbonyl (C=O) groups is 6. The van der Waals surface area contributed by atoms with Crippen molar-refractivity contribution in [3.63, 3.8) is 0 Å². The Morgan fingerprint density at radius 3 is 2.02 bits per heavy atom. The van der Waals surface area contributed by atoms with Crippen LogP contribution in [0.15, 0.2) is 54.6 Å². The number of amides is 5. The number of carbonyl (C=O) groups excluding carboxylic acids is 5. The number of carboxylic acids is 1. The van der Waals surface area contributed by atoms with Crippen LogP contribution in [0.25, 0.3) is 0 Å². The van der Waals surface area contributed by atoms with Crippen LogP contribution in [0.2, 0.25) is 0 Å². The Morgan fingerprint density at radius 1 is 0.913 bits per heavy atom. The largest absolute Gasteiger partial charge is 0.508 e. The average Bonchev–Trinajstić information content (AvgIpc) is 3.00. The number of phenols is 1. The van der Waals surface area contributed by atoms with Crippen LogP contribution in [0.5, 0.6) is 5.75 Å². The minimum Gasteiger partial charge on any atom is -0.508 e. The van der Waals surface area contributed by atoms with E-state index in [-0.39, 0.29) is 18.6 Å². The van der Waals surface area contributed by atoms with Gasteiger partial charge < -0.3 is 42.5 Å². The molecular formula is C31H44N6O8S. The zero-order valence-corrected chi connectivity index (χ0v) is 27.2. The van der Waals surface area contributed by atoms with E-state index in [4.69, 9.17) is 21.4 Å². The van der Waals surface area contributed by atoms with Gasteiger partial charge in [0, 0.05) is 20.4 Å². The van der Waals surface area contributed by atoms with Crippen molar-refractivity contribution in [1.82, 2.24) is 20.9 Å². The van der Waals surface area contributed by atoms with Gasteiger partial charge in [-0.3, -0.25) is 28.8 Å². The SMILES string of the molecule is CC(=O)O.CSCC[C@@H](C(N)=O)N(C)C(=O)[C@H](Cc1ccccc1)NC(=O)CNC(=O)[C@@H](C)NC(=O)[C@@H](N)Cc1ccc(O)cc1. The number of nitrogens with zero attached hydrogens (tertiary/aromatic N) is 1. The van der Waals surface area contributed by atoms with Crippen molar-refractivity contribution in [1.29, 1.82) is 0 Å². The quantitative estimate of drug-likeness (QED) is 0.125. The first-order valence-corrected chi connectivity index (χ1v) is 15.7. The highest BCUT2D eigenvalue weighted by atomic mass is 32.2. The molecule has 0 unspecified atom stereocenters. The molecule has 2 aromatic rings. The van der Waals surface area contributed by atoms with Crippen molar-refractivity contribution < 1.29 is 39.0 Å². The number of aliphatic carboxylic acids is 1. The van der Waals surface area contributed by atoms with Crippen molar-refractivity contribution in [2.75, 3.05) is 25.6 Å². The Bertz CT molecular complexity index is 1310. The molecule has 0 spiro atoms. The molecule has 0 saturated carbocycles. The lowest BCUT2D eigenvalue weighted by Gasteiger charge is -2.30. The van der Waals surface area contributed by atoms with Gasteiger partial charge in [0.15, 0.2) is 0 Å². The van der Waals surface area contributed by atoms with Crippen molar-refractivity contribution in [3.8, 4) is 5.75 Å². The number of aromatic hydroxyl groups is 1. The minimum absolute atomic E-state index is 0.0925. The standard InChI is InChI=1S/C29H40N6O6S.C2H4O2/c1-18(33-28(40)22(30)15-20-9-11-21(36)12-10-20)27(39)32-17-25(37)34-23(16-19-7-5-4-6-8-19)29(41)35(2)24(26(31)38)13-14-42-3;1-2(3)4/h4-12,18,22-24,36H,13-17,30H2,1-3H3,(H2,31,38)(H,32,39)(H,33,40)(H,34,37);1H3,(H,3,4)/t18-,22+,23+,24+;/m1./s1. The third kappa shape index (κ3) is 14.9. The highest BCUT2D eigenvalue weighted by Crippen LogP contribution is 2.12. The van der Waals surface area contributed by atoms with E-state index in [2.05, 4.69) is 16.0 Å².